The van der Waals surface area contributed by atoms with Gasteiger partial charge in [-0.15, -0.1) is 0 Å². The summed E-state index contributed by atoms with van der Waals surface area (Å²) in [6, 6.07) is 0. The minimum atomic E-state index is -0.526. The fourth-order valence-electron chi connectivity index (χ4n) is 2.54. The molecule has 0 N–H and O–H groups in total. The summed E-state index contributed by atoms with van der Waals surface area (Å²) in [5.41, 5.74) is 0. The average molecular weight is 275 g/mol. The molecule has 0 fully saturated rings. The molecule has 0 radical (unpaired) electrons. The van der Waals surface area contributed by atoms with E-state index in [-0.39, 0.29) is 29.3 Å². The van der Waals surface area contributed by atoms with E-state index >= 15 is 0 Å². The number of ketones is 2. The van der Waals surface area contributed by atoms with E-state index in [1.165, 1.54) is 29.2 Å². The Kier molecular flexibility index (Phi) is 4.27. The maximum atomic E-state index is 11.5. The van der Waals surface area contributed by atoms with Crippen LogP contribution in [0.1, 0.15) is 26.2 Å². The van der Waals surface area contributed by atoms with Crippen LogP contribution < -0.4 is 0 Å². The second-order valence-corrected chi connectivity index (χ2v) is 5.34. The Morgan fingerprint density at radius 3 is 2.10 bits per heavy atom. The number of carbonyl (C=O) groups excluding carboxylic acids is 4. The molecule has 5 nitrogen and oxygen atoms in total. The number of nitrogens with zero attached hydrogens (tertiary/aromatic N) is 1. The van der Waals surface area contributed by atoms with E-state index in [9.17, 15) is 19.2 Å². The number of amides is 2. The van der Waals surface area contributed by atoms with Crippen molar-refractivity contribution < 1.29 is 19.2 Å². The van der Waals surface area contributed by atoms with Crippen molar-refractivity contribution in [3.05, 3.63) is 24.3 Å². The van der Waals surface area contributed by atoms with Crippen LogP contribution in [0.5, 0.6) is 0 Å². The molecule has 0 saturated heterocycles. The molecule has 1 aliphatic carbocycles. The lowest BCUT2D eigenvalue weighted by Crippen LogP contribution is -2.31. The lowest BCUT2D eigenvalue weighted by Gasteiger charge is -2.17. The van der Waals surface area contributed by atoms with Gasteiger partial charge in [0.25, 0.3) is 11.8 Å². The topological polar surface area (TPSA) is 71.5 Å². The Morgan fingerprint density at radius 1 is 1.00 bits per heavy atom. The van der Waals surface area contributed by atoms with E-state index in [1.807, 2.05) is 6.92 Å². The van der Waals surface area contributed by atoms with E-state index in [0.29, 0.717) is 19.4 Å². The summed E-state index contributed by atoms with van der Waals surface area (Å²) in [6.45, 7) is 2.37. The quantitative estimate of drug-likeness (QED) is 0.536. The van der Waals surface area contributed by atoms with Gasteiger partial charge in [-0.2, -0.15) is 0 Å². The first kappa shape index (κ1) is 14.4. The zero-order valence-corrected chi connectivity index (χ0v) is 11.4. The molecule has 1 aliphatic heterocycles. The molecule has 0 aromatic rings. The van der Waals surface area contributed by atoms with Gasteiger partial charge in [0.05, 0.1) is 5.92 Å². The molecule has 2 aliphatic rings. The van der Waals surface area contributed by atoms with Crippen LogP contribution in [0, 0.1) is 11.8 Å². The SMILES string of the molecule is CC(CCCN1C(=O)C=CC1=O)CC1C(=O)C=CC1=O. The van der Waals surface area contributed by atoms with E-state index in [2.05, 4.69) is 0 Å². The fraction of sp³-hybridized carbons (Fsp3) is 0.467. The third-order valence-corrected chi connectivity index (χ3v) is 3.72. The van der Waals surface area contributed by atoms with E-state index in [0.717, 1.165) is 6.42 Å². The first-order valence-electron chi connectivity index (χ1n) is 6.78. The molecule has 20 heavy (non-hydrogen) atoms. The predicted molar refractivity (Wildman–Crippen MR) is 71.5 cm³/mol. The van der Waals surface area contributed by atoms with Gasteiger partial charge < -0.3 is 0 Å². The highest BCUT2D eigenvalue weighted by molar-refractivity contribution is 6.18. The maximum Gasteiger partial charge on any atom is 0.253 e. The normalized spacial score (nSPS) is 20.6. The standard InChI is InChI=1S/C15H17NO4/c1-10(9-11-12(17)4-5-13(11)18)3-2-8-16-14(19)6-7-15(16)20/h4-7,10-11H,2-3,8-9H2,1H3. The molecular formula is C15H17NO4. The first-order chi connectivity index (χ1) is 9.49. The second kappa shape index (κ2) is 5.94. The molecule has 2 amide bonds. The van der Waals surface area contributed by atoms with Crippen molar-refractivity contribution in [2.45, 2.75) is 26.2 Å². The molecule has 1 heterocycles. The smallest absolute Gasteiger partial charge is 0.253 e. The monoisotopic (exact) mass is 275 g/mol. The van der Waals surface area contributed by atoms with Gasteiger partial charge in [0.1, 0.15) is 0 Å². The van der Waals surface area contributed by atoms with Gasteiger partial charge in [-0.1, -0.05) is 6.92 Å². The summed E-state index contributed by atoms with van der Waals surface area (Å²) < 4.78 is 0. The van der Waals surface area contributed by atoms with Crippen molar-refractivity contribution in [3.8, 4) is 0 Å². The van der Waals surface area contributed by atoms with E-state index in [1.54, 1.807) is 0 Å². The van der Waals surface area contributed by atoms with Crippen molar-refractivity contribution in [1.82, 2.24) is 4.90 Å². The lowest BCUT2D eigenvalue weighted by atomic mass is 9.90. The van der Waals surface area contributed by atoms with Crippen LogP contribution in [0.3, 0.4) is 0 Å². The largest absolute Gasteiger partial charge is 0.294 e. The molecule has 5 heteroatoms. The van der Waals surface area contributed by atoms with Gasteiger partial charge in [0, 0.05) is 18.7 Å². The Hall–Kier alpha value is -2.04. The minimum absolute atomic E-state index is 0.115. The minimum Gasteiger partial charge on any atom is -0.294 e. The molecular weight excluding hydrogens is 258 g/mol. The number of hydrogen-bond acceptors (Lipinski definition) is 4. The molecule has 0 spiro atoms. The van der Waals surface area contributed by atoms with Gasteiger partial charge in [-0.3, -0.25) is 24.1 Å². The van der Waals surface area contributed by atoms with Crippen LogP contribution in [-0.2, 0) is 19.2 Å². The van der Waals surface area contributed by atoms with Gasteiger partial charge >= 0.3 is 0 Å². The van der Waals surface area contributed by atoms with Crippen LogP contribution in [0.15, 0.2) is 24.3 Å². The van der Waals surface area contributed by atoms with Crippen LogP contribution in [0.4, 0.5) is 0 Å². The number of imide groups is 1. The zero-order valence-electron chi connectivity index (χ0n) is 11.4. The van der Waals surface area contributed by atoms with Gasteiger partial charge in [0.15, 0.2) is 11.6 Å². The van der Waals surface area contributed by atoms with Gasteiger partial charge in [-0.05, 0) is 37.3 Å². The molecule has 2 rings (SSSR count). The summed E-state index contributed by atoms with van der Waals surface area (Å²) in [6.07, 6.45) is 7.21. The Morgan fingerprint density at radius 2 is 1.55 bits per heavy atom. The van der Waals surface area contributed by atoms with Crippen LogP contribution in [-0.4, -0.2) is 34.8 Å². The van der Waals surface area contributed by atoms with E-state index in [4.69, 9.17) is 0 Å². The summed E-state index contributed by atoms with van der Waals surface area (Å²) in [5, 5.41) is 0. The lowest BCUT2D eigenvalue weighted by molar-refractivity contribution is -0.137. The highest BCUT2D eigenvalue weighted by atomic mass is 16.2. The third-order valence-electron chi connectivity index (χ3n) is 3.72. The molecule has 106 valence electrons. The maximum absolute atomic E-state index is 11.5. The Labute approximate surface area is 117 Å². The van der Waals surface area contributed by atoms with Crippen molar-refractivity contribution >= 4 is 23.4 Å². The van der Waals surface area contributed by atoms with Gasteiger partial charge in [0.2, 0.25) is 0 Å². The first-order valence-corrected chi connectivity index (χ1v) is 6.78. The van der Waals surface area contributed by atoms with Crippen molar-refractivity contribution in [2.75, 3.05) is 6.54 Å². The number of allylic oxidation sites excluding steroid dienone is 2. The fourth-order valence-corrected chi connectivity index (χ4v) is 2.54. The van der Waals surface area contributed by atoms with Crippen LogP contribution in [0.25, 0.3) is 0 Å². The Bertz CT molecular complexity index is 482. The predicted octanol–water partition coefficient (Wildman–Crippen LogP) is 1.04. The number of hydrogen-bond donors (Lipinski definition) is 0. The zero-order chi connectivity index (χ0) is 14.7. The summed E-state index contributed by atoms with van der Waals surface area (Å²) in [7, 11) is 0. The molecule has 0 bridgehead atoms. The molecule has 0 saturated carbocycles. The van der Waals surface area contributed by atoms with Crippen molar-refractivity contribution in [2.24, 2.45) is 11.8 Å². The number of rotatable bonds is 6. The van der Waals surface area contributed by atoms with Gasteiger partial charge in [-0.25, -0.2) is 0 Å². The third kappa shape index (κ3) is 3.10. The summed E-state index contributed by atoms with van der Waals surface area (Å²) in [4.78, 5) is 46.9. The van der Waals surface area contributed by atoms with E-state index < -0.39 is 5.92 Å². The van der Waals surface area contributed by atoms with Crippen molar-refractivity contribution in [1.29, 1.82) is 0 Å². The highest BCUT2D eigenvalue weighted by Gasteiger charge is 2.29. The molecule has 1 unspecified atom stereocenters. The number of carbonyl (C=O) groups is 4. The highest BCUT2D eigenvalue weighted by Crippen LogP contribution is 2.23. The summed E-state index contributed by atoms with van der Waals surface area (Å²) >= 11 is 0. The van der Waals surface area contributed by atoms with Crippen LogP contribution >= 0.6 is 0 Å². The van der Waals surface area contributed by atoms with Crippen molar-refractivity contribution in [3.63, 3.8) is 0 Å². The average Bonchev–Trinajstić information content (AvgIpc) is 2.88. The second-order valence-electron chi connectivity index (χ2n) is 5.34. The Balaban J connectivity index is 1.72. The molecule has 0 aromatic carbocycles. The molecule has 1 atom stereocenters. The van der Waals surface area contributed by atoms with Crippen LogP contribution in [0.2, 0.25) is 0 Å². The molecule has 0 aromatic heterocycles. The summed E-state index contributed by atoms with van der Waals surface area (Å²) in [5.74, 6) is -1.09.